The lowest BCUT2D eigenvalue weighted by molar-refractivity contribution is -0.135. The number of nitrogens with one attached hydrogen (secondary N) is 1. The summed E-state index contributed by atoms with van der Waals surface area (Å²) < 4.78 is 11.0. The molecule has 1 aromatic heterocycles. The van der Waals surface area contributed by atoms with E-state index in [2.05, 4.69) is 23.2 Å². The minimum atomic E-state index is -0.0763. The van der Waals surface area contributed by atoms with Gasteiger partial charge in [0, 0.05) is 48.1 Å². The quantitative estimate of drug-likeness (QED) is 0.753. The van der Waals surface area contributed by atoms with E-state index < -0.39 is 0 Å². The molecular formula is C22H24N2O3. The average molecular weight is 364 g/mol. The number of carbonyl (C=O) groups excluding carboxylic acids is 1. The molecule has 0 saturated carbocycles. The number of carbonyl (C=O) groups is 1. The predicted molar refractivity (Wildman–Crippen MR) is 105 cm³/mol. The fourth-order valence-electron chi connectivity index (χ4n) is 3.84. The Bertz CT molecular complexity index is 928. The van der Waals surface area contributed by atoms with Crippen LogP contribution in [0.25, 0.3) is 10.9 Å². The van der Waals surface area contributed by atoms with Crippen LogP contribution in [-0.2, 0) is 9.53 Å². The number of fused-ring (bicyclic) bond motifs is 1. The van der Waals surface area contributed by atoms with Crippen LogP contribution in [0.3, 0.4) is 0 Å². The van der Waals surface area contributed by atoms with E-state index in [0.29, 0.717) is 32.7 Å². The minimum absolute atomic E-state index is 0.0763. The van der Waals surface area contributed by atoms with Crippen molar-refractivity contribution in [1.29, 1.82) is 0 Å². The van der Waals surface area contributed by atoms with E-state index in [-0.39, 0.29) is 11.8 Å². The van der Waals surface area contributed by atoms with Crippen LogP contribution in [0.2, 0.25) is 0 Å². The molecule has 5 heteroatoms. The van der Waals surface area contributed by atoms with Gasteiger partial charge in [0.2, 0.25) is 5.91 Å². The van der Waals surface area contributed by atoms with Gasteiger partial charge in [-0.3, -0.25) is 4.79 Å². The van der Waals surface area contributed by atoms with Crippen LogP contribution in [0.15, 0.2) is 54.7 Å². The van der Waals surface area contributed by atoms with Crippen molar-refractivity contribution in [2.45, 2.75) is 12.3 Å². The molecule has 1 fully saturated rings. The standard InChI is InChI=1S/C22H24N2O3/c1-26-21-9-5-3-7-17(21)18(14-22(25)24-10-12-27-13-11-24)19-15-23-20-8-4-2-6-16(19)20/h2-9,15,18,23H,10-14H2,1H3. The zero-order valence-corrected chi connectivity index (χ0v) is 15.5. The first-order valence-corrected chi connectivity index (χ1v) is 9.32. The second-order valence-corrected chi connectivity index (χ2v) is 6.78. The number of hydrogen-bond acceptors (Lipinski definition) is 3. The summed E-state index contributed by atoms with van der Waals surface area (Å²) in [6.45, 7) is 2.53. The zero-order chi connectivity index (χ0) is 18.6. The summed E-state index contributed by atoms with van der Waals surface area (Å²) in [7, 11) is 1.68. The van der Waals surface area contributed by atoms with E-state index in [1.165, 1.54) is 0 Å². The number of H-pyrrole nitrogens is 1. The number of aromatic nitrogens is 1. The van der Waals surface area contributed by atoms with Gasteiger partial charge in [0.05, 0.1) is 20.3 Å². The Morgan fingerprint density at radius 3 is 2.67 bits per heavy atom. The first-order valence-electron chi connectivity index (χ1n) is 9.32. The summed E-state index contributed by atoms with van der Waals surface area (Å²) in [5, 5.41) is 1.14. The van der Waals surface area contributed by atoms with Crippen molar-refractivity contribution in [2.75, 3.05) is 33.4 Å². The normalized spacial score (nSPS) is 15.7. The Morgan fingerprint density at radius 2 is 1.85 bits per heavy atom. The van der Waals surface area contributed by atoms with Crippen LogP contribution in [0.5, 0.6) is 5.75 Å². The first-order chi connectivity index (χ1) is 13.3. The van der Waals surface area contributed by atoms with Crippen LogP contribution in [0, 0.1) is 0 Å². The van der Waals surface area contributed by atoms with E-state index in [4.69, 9.17) is 9.47 Å². The molecule has 5 nitrogen and oxygen atoms in total. The van der Waals surface area contributed by atoms with E-state index in [1.807, 2.05) is 41.4 Å². The van der Waals surface area contributed by atoms with Crippen molar-refractivity contribution in [2.24, 2.45) is 0 Å². The molecule has 2 aromatic carbocycles. The number of methoxy groups -OCH3 is 1. The third-order valence-corrected chi connectivity index (χ3v) is 5.25. The fraction of sp³-hybridized carbons (Fsp3) is 0.318. The molecule has 2 heterocycles. The van der Waals surface area contributed by atoms with Crippen molar-refractivity contribution >= 4 is 16.8 Å². The van der Waals surface area contributed by atoms with Gasteiger partial charge in [0.1, 0.15) is 5.75 Å². The van der Waals surface area contributed by atoms with Crippen molar-refractivity contribution in [3.8, 4) is 5.75 Å². The number of benzene rings is 2. The molecule has 1 saturated heterocycles. The van der Waals surface area contributed by atoms with Crippen molar-refractivity contribution < 1.29 is 14.3 Å². The third-order valence-electron chi connectivity index (χ3n) is 5.25. The number of hydrogen-bond donors (Lipinski definition) is 1. The van der Waals surface area contributed by atoms with Gasteiger partial charge in [-0.1, -0.05) is 36.4 Å². The summed E-state index contributed by atoms with van der Waals surface area (Å²) in [5.74, 6) is 0.884. The molecule has 1 N–H and O–H groups in total. The lowest BCUT2D eigenvalue weighted by Gasteiger charge is -2.29. The molecule has 0 radical (unpaired) electrons. The highest BCUT2D eigenvalue weighted by molar-refractivity contribution is 5.86. The molecule has 140 valence electrons. The van der Waals surface area contributed by atoms with E-state index >= 15 is 0 Å². The molecule has 1 unspecified atom stereocenters. The van der Waals surface area contributed by atoms with E-state index in [1.54, 1.807) is 7.11 Å². The Kier molecular flexibility index (Phi) is 5.12. The van der Waals surface area contributed by atoms with Crippen molar-refractivity contribution in [3.63, 3.8) is 0 Å². The molecule has 0 bridgehead atoms. The summed E-state index contributed by atoms with van der Waals surface area (Å²) >= 11 is 0. The number of rotatable bonds is 5. The molecule has 3 aromatic rings. The predicted octanol–water partition coefficient (Wildman–Crippen LogP) is 3.56. The topological polar surface area (TPSA) is 54.6 Å². The summed E-state index contributed by atoms with van der Waals surface area (Å²) in [6.07, 6.45) is 2.43. The molecule has 1 aliphatic rings. The second-order valence-electron chi connectivity index (χ2n) is 6.78. The van der Waals surface area contributed by atoms with E-state index in [9.17, 15) is 4.79 Å². The second kappa shape index (κ2) is 7.84. The third kappa shape index (κ3) is 3.55. The summed E-state index contributed by atoms with van der Waals surface area (Å²) in [6, 6.07) is 16.2. The Hall–Kier alpha value is -2.79. The summed E-state index contributed by atoms with van der Waals surface area (Å²) in [5.41, 5.74) is 3.23. The summed E-state index contributed by atoms with van der Waals surface area (Å²) in [4.78, 5) is 18.3. The van der Waals surface area contributed by atoms with Gasteiger partial charge < -0.3 is 19.4 Å². The average Bonchev–Trinajstić information content (AvgIpc) is 3.16. The van der Waals surface area contributed by atoms with E-state index in [0.717, 1.165) is 27.8 Å². The molecule has 27 heavy (non-hydrogen) atoms. The number of amides is 1. The SMILES string of the molecule is COc1ccccc1C(CC(=O)N1CCOCC1)c1c[nH]c2ccccc12. The van der Waals surface area contributed by atoms with Crippen LogP contribution < -0.4 is 4.74 Å². The lowest BCUT2D eigenvalue weighted by atomic mass is 9.87. The lowest BCUT2D eigenvalue weighted by Crippen LogP contribution is -2.41. The fourth-order valence-corrected chi connectivity index (χ4v) is 3.84. The Labute approximate surface area is 158 Å². The molecule has 0 aliphatic carbocycles. The van der Waals surface area contributed by atoms with Gasteiger partial charge >= 0.3 is 0 Å². The minimum Gasteiger partial charge on any atom is -0.496 e. The molecule has 1 atom stereocenters. The van der Waals surface area contributed by atoms with Gasteiger partial charge in [-0.05, 0) is 17.7 Å². The maximum atomic E-state index is 13.0. The highest BCUT2D eigenvalue weighted by Gasteiger charge is 2.27. The Balaban J connectivity index is 1.74. The van der Waals surface area contributed by atoms with Crippen LogP contribution >= 0.6 is 0 Å². The number of morpholine rings is 1. The monoisotopic (exact) mass is 364 g/mol. The number of nitrogens with zero attached hydrogens (tertiary/aromatic N) is 1. The molecular weight excluding hydrogens is 340 g/mol. The maximum Gasteiger partial charge on any atom is 0.223 e. The number of aromatic amines is 1. The van der Waals surface area contributed by atoms with Crippen LogP contribution in [-0.4, -0.2) is 49.2 Å². The number of ether oxygens (including phenoxy) is 2. The van der Waals surface area contributed by atoms with Crippen molar-refractivity contribution in [1.82, 2.24) is 9.88 Å². The van der Waals surface area contributed by atoms with Gasteiger partial charge in [-0.15, -0.1) is 0 Å². The van der Waals surface area contributed by atoms with Crippen LogP contribution in [0.1, 0.15) is 23.5 Å². The van der Waals surface area contributed by atoms with Gasteiger partial charge in [0.25, 0.3) is 0 Å². The molecule has 1 aliphatic heterocycles. The smallest absolute Gasteiger partial charge is 0.223 e. The van der Waals surface area contributed by atoms with Gasteiger partial charge in [-0.25, -0.2) is 0 Å². The van der Waals surface area contributed by atoms with Crippen molar-refractivity contribution in [3.05, 3.63) is 65.9 Å². The van der Waals surface area contributed by atoms with Gasteiger partial charge in [0.15, 0.2) is 0 Å². The molecule has 1 amide bonds. The Morgan fingerprint density at radius 1 is 1.11 bits per heavy atom. The first kappa shape index (κ1) is 17.6. The van der Waals surface area contributed by atoms with Crippen LogP contribution in [0.4, 0.5) is 0 Å². The highest BCUT2D eigenvalue weighted by Crippen LogP contribution is 2.38. The number of para-hydroxylation sites is 2. The zero-order valence-electron chi connectivity index (χ0n) is 15.5. The maximum absolute atomic E-state index is 13.0. The highest BCUT2D eigenvalue weighted by atomic mass is 16.5. The molecule has 4 rings (SSSR count). The largest absolute Gasteiger partial charge is 0.496 e. The molecule has 0 spiro atoms. The van der Waals surface area contributed by atoms with Gasteiger partial charge in [-0.2, -0.15) is 0 Å².